The zero-order valence-electron chi connectivity index (χ0n) is 11.7. The number of rotatable bonds is 7. The second-order valence-electron chi connectivity index (χ2n) is 5.20. The Morgan fingerprint density at radius 3 is 2.65 bits per heavy atom. The predicted octanol–water partition coefficient (Wildman–Crippen LogP) is 1.84. The quantitative estimate of drug-likeness (QED) is 0.753. The largest absolute Gasteiger partial charge is 0.393 e. The first-order valence-corrected chi connectivity index (χ1v) is 7.39. The van der Waals surface area contributed by atoms with E-state index in [2.05, 4.69) is 10.2 Å². The molecule has 5 heteroatoms. The van der Waals surface area contributed by atoms with Crippen molar-refractivity contribution in [3.63, 3.8) is 0 Å². The summed E-state index contributed by atoms with van der Waals surface area (Å²) in [5.41, 5.74) is 6.61. The summed E-state index contributed by atoms with van der Waals surface area (Å²) in [6, 6.07) is 10.0. The number of para-hydroxylation sites is 1. The van der Waals surface area contributed by atoms with E-state index in [-0.39, 0.29) is 11.9 Å². The van der Waals surface area contributed by atoms with E-state index in [4.69, 9.17) is 18.0 Å². The summed E-state index contributed by atoms with van der Waals surface area (Å²) < 4.78 is 0. The van der Waals surface area contributed by atoms with Crippen molar-refractivity contribution in [2.45, 2.75) is 38.3 Å². The molecule has 2 rings (SSSR count). The molecule has 1 fully saturated rings. The van der Waals surface area contributed by atoms with E-state index >= 15 is 0 Å². The number of benzene rings is 1. The molecule has 0 saturated heterocycles. The van der Waals surface area contributed by atoms with Crippen molar-refractivity contribution in [3.05, 3.63) is 30.3 Å². The molecular weight excluding hydrogens is 270 g/mol. The number of nitrogens with two attached hydrogens (primary N) is 1. The summed E-state index contributed by atoms with van der Waals surface area (Å²) in [5, 5.41) is 3.05. The van der Waals surface area contributed by atoms with Crippen LogP contribution in [0.25, 0.3) is 0 Å². The minimum absolute atomic E-state index is 0.0688. The lowest BCUT2D eigenvalue weighted by Crippen LogP contribution is -2.47. The summed E-state index contributed by atoms with van der Waals surface area (Å²) in [7, 11) is 0. The molecule has 1 aliphatic carbocycles. The van der Waals surface area contributed by atoms with Crippen molar-refractivity contribution >= 4 is 28.8 Å². The van der Waals surface area contributed by atoms with Crippen molar-refractivity contribution < 1.29 is 4.79 Å². The molecule has 20 heavy (non-hydrogen) atoms. The van der Waals surface area contributed by atoms with Gasteiger partial charge in [0.25, 0.3) is 0 Å². The minimum Gasteiger partial charge on any atom is -0.393 e. The summed E-state index contributed by atoms with van der Waals surface area (Å²) in [6.45, 7) is 2.57. The molecule has 1 amide bonds. The lowest BCUT2D eigenvalue weighted by Gasteiger charge is -2.30. The Balaban J connectivity index is 2.07. The average Bonchev–Trinajstić information content (AvgIpc) is 3.23. The highest BCUT2D eigenvalue weighted by molar-refractivity contribution is 7.80. The Morgan fingerprint density at radius 2 is 2.10 bits per heavy atom. The van der Waals surface area contributed by atoms with Crippen LogP contribution in [0.4, 0.5) is 5.69 Å². The second kappa shape index (κ2) is 6.70. The molecule has 1 atom stereocenters. The molecule has 4 nitrogen and oxygen atoms in total. The van der Waals surface area contributed by atoms with Gasteiger partial charge in [-0.2, -0.15) is 0 Å². The Labute approximate surface area is 125 Å². The second-order valence-corrected chi connectivity index (χ2v) is 5.73. The summed E-state index contributed by atoms with van der Waals surface area (Å²) in [5.74, 6) is 0.0688. The summed E-state index contributed by atoms with van der Waals surface area (Å²) in [4.78, 5) is 14.8. The minimum atomic E-state index is -0.229. The Hall–Kier alpha value is -1.62. The molecule has 0 spiro atoms. The van der Waals surface area contributed by atoms with Crippen LogP contribution in [0.5, 0.6) is 0 Å². The highest BCUT2D eigenvalue weighted by Crippen LogP contribution is 2.21. The highest BCUT2D eigenvalue weighted by atomic mass is 32.1. The van der Waals surface area contributed by atoms with Crippen LogP contribution >= 0.6 is 12.2 Å². The lowest BCUT2D eigenvalue weighted by molar-refractivity contribution is -0.122. The van der Waals surface area contributed by atoms with Crippen LogP contribution in [0, 0.1) is 0 Å². The Kier molecular flexibility index (Phi) is 4.95. The Morgan fingerprint density at radius 1 is 1.45 bits per heavy atom. The number of thiocarbonyl (C=S) groups is 1. The maximum Gasteiger partial charge on any atom is 0.242 e. The third-order valence-corrected chi connectivity index (χ3v) is 3.66. The van der Waals surface area contributed by atoms with Gasteiger partial charge in [0.2, 0.25) is 5.91 Å². The molecule has 0 heterocycles. The number of amides is 1. The monoisotopic (exact) mass is 291 g/mol. The molecule has 1 aromatic carbocycles. The SMILES string of the molecule is CC(C(=O)NC1CC1)N(CCC(N)=S)c1ccccc1. The first-order chi connectivity index (χ1) is 9.58. The molecule has 1 saturated carbocycles. The van der Waals surface area contributed by atoms with E-state index < -0.39 is 0 Å². The van der Waals surface area contributed by atoms with E-state index in [9.17, 15) is 4.79 Å². The van der Waals surface area contributed by atoms with Crippen molar-refractivity contribution in [2.24, 2.45) is 5.73 Å². The van der Waals surface area contributed by atoms with Crippen LogP contribution in [0.2, 0.25) is 0 Å². The molecule has 0 aromatic heterocycles. The van der Waals surface area contributed by atoms with Crippen LogP contribution < -0.4 is 16.0 Å². The van der Waals surface area contributed by atoms with E-state index in [0.717, 1.165) is 18.5 Å². The molecule has 108 valence electrons. The van der Waals surface area contributed by atoms with E-state index in [1.165, 1.54) is 0 Å². The van der Waals surface area contributed by atoms with Gasteiger partial charge in [0.15, 0.2) is 0 Å². The number of nitrogens with zero attached hydrogens (tertiary/aromatic N) is 1. The molecular formula is C15H21N3OS. The maximum absolute atomic E-state index is 12.2. The van der Waals surface area contributed by atoms with Gasteiger partial charge in [0.05, 0.1) is 4.99 Å². The third-order valence-electron chi connectivity index (χ3n) is 3.46. The van der Waals surface area contributed by atoms with Crippen molar-refractivity contribution in [1.82, 2.24) is 5.32 Å². The molecule has 0 aliphatic heterocycles. The smallest absolute Gasteiger partial charge is 0.242 e. The zero-order chi connectivity index (χ0) is 14.5. The van der Waals surface area contributed by atoms with Gasteiger partial charge in [-0.1, -0.05) is 30.4 Å². The normalized spacial score (nSPS) is 15.4. The van der Waals surface area contributed by atoms with E-state index in [1.54, 1.807) is 0 Å². The number of hydrogen-bond donors (Lipinski definition) is 2. The van der Waals surface area contributed by atoms with E-state index in [1.807, 2.05) is 37.3 Å². The van der Waals surface area contributed by atoms with Gasteiger partial charge >= 0.3 is 0 Å². The van der Waals surface area contributed by atoms with E-state index in [0.29, 0.717) is 24.0 Å². The first kappa shape index (κ1) is 14.8. The van der Waals surface area contributed by atoms with Gasteiger partial charge in [-0.15, -0.1) is 0 Å². The summed E-state index contributed by atoms with van der Waals surface area (Å²) in [6.07, 6.45) is 2.79. The van der Waals surface area contributed by atoms with Crippen LogP contribution in [-0.2, 0) is 4.79 Å². The predicted molar refractivity (Wildman–Crippen MR) is 85.8 cm³/mol. The van der Waals surface area contributed by atoms with Gasteiger partial charge in [-0.25, -0.2) is 0 Å². The number of nitrogens with one attached hydrogen (secondary N) is 1. The number of anilines is 1. The van der Waals surface area contributed by atoms with Gasteiger partial charge in [-0.05, 0) is 31.9 Å². The molecule has 1 unspecified atom stereocenters. The molecule has 1 aliphatic rings. The van der Waals surface area contributed by atoms with Gasteiger partial charge in [-0.3, -0.25) is 4.79 Å². The van der Waals surface area contributed by atoms with Gasteiger partial charge < -0.3 is 16.0 Å². The third kappa shape index (κ3) is 4.20. The van der Waals surface area contributed by atoms with Crippen molar-refractivity contribution in [3.8, 4) is 0 Å². The van der Waals surface area contributed by atoms with Crippen LogP contribution in [0.3, 0.4) is 0 Å². The maximum atomic E-state index is 12.2. The molecule has 0 radical (unpaired) electrons. The van der Waals surface area contributed by atoms with Gasteiger partial charge in [0, 0.05) is 24.7 Å². The molecule has 1 aromatic rings. The Bertz CT molecular complexity index is 473. The fraction of sp³-hybridized carbons (Fsp3) is 0.467. The van der Waals surface area contributed by atoms with Crippen molar-refractivity contribution in [1.29, 1.82) is 0 Å². The number of carbonyl (C=O) groups excluding carboxylic acids is 1. The summed E-state index contributed by atoms with van der Waals surface area (Å²) >= 11 is 4.95. The topological polar surface area (TPSA) is 58.4 Å². The fourth-order valence-corrected chi connectivity index (χ4v) is 2.18. The lowest BCUT2D eigenvalue weighted by atomic mass is 10.2. The zero-order valence-corrected chi connectivity index (χ0v) is 12.5. The highest BCUT2D eigenvalue weighted by Gasteiger charge is 2.28. The first-order valence-electron chi connectivity index (χ1n) is 6.98. The van der Waals surface area contributed by atoms with Crippen molar-refractivity contribution in [2.75, 3.05) is 11.4 Å². The van der Waals surface area contributed by atoms with Gasteiger partial charge in [0.1, 0.15) is 6.04 Å². The molecule has 0 bridgehead atoms. The standard InChI is InChI=1S/C15H21N3OS/c1-11(15(19)17-12-7-8-12)18(10-9-14(16)20)13-5-3-2-4-6-13/h2-6,11-12H,7-10H2,1H3,(H2,16,20)(H,17,19). The van der Waals surface area contributed by atoms with Crippen LogP contribution in [0.15, 0.2) is 30.3 Å². The molecule has 3 N–H and O–H groups in total. The average molecular weight is 291 g/mol. The fourth-order valence-electron chi connectivity index (χ4n) is 2.09. The van der Waals surface area contributed by atoms with Crippen LogP contribution in [-0.4, -0.2) is 29.5 Å². The number of carbonyl (C=O) groups is 1. The van der Waals surface area contributed by atoms with Crippen LogP contribution in [0.1, 0.15) is 26.2 Å². The number of hydrogen-bond acceptors (Lipinski definition) is 3.